The lowest BCUT2D eigenvalue weighted by molar-refractivity contribution is -0.123. The van der Waals surface area contributed by atoms with Crippen molar-refractivity contribution in [2.75, 3.05) is 17.2 Å². The number of benzene rings is 2. The molecule has 2 aromatic rings. The highest BCUT2D eigenvalue weighted by molar-refractivity contribution is 6.10. The summed E-state index contributed by atoms with van der Waals surface area (Å²) in [5.41, 5.74) is 12.7. The molecule has 1 aliphatic heterocycles. The minimum atomic E-state index is -0.436. The van der Waals surface area contributed by atoms with E-state index in [0.29, 0.717) is 12.2 Å². The maximum absolute atomic E-state index is 12.1. The summed E-state index contributed by atoms with van der Waals surface area (Å²) in [5.74, 6) is -0.957. The lowest BCUT2D eigenvalue weighted by Crippen LogP contribution is -2.28. The molecule has 0 aliphatic carbocycles. The number of nitrogen functional groups attached to an aromatic ring is 1. The van der Waals surface area contributed by atoms with Crippen LogP contribution in [0, 0.1) is 5.92 Å². The second-order valence-electron chi connectivity index (χ2n) is 5.03. The Morgan fingerprint density at radius 3 is 2.55 bits per heavy atom. The Bertz CT molecular complexity index is 706. The fraction of sp³-hybridized carbons (Fsp3) is 0.200. The molecule has 1 atom stereocenters. The van der Waals surface area contributed by atoms with E-state index in [4.69, 9.17) is 11.5 Å². The van der Waals surface area contributed by atoms with Gasteiger partial charge in [0, 0.05) is 24.0 Å². The molecule has 3 rings (SSSR count). The predicted octanol–water partition coefficient (Wildman–Crippen LogP) is 1.26. The van der Waals surface area contributed by atoms with Gasteiger partial charge in [-0.2, -0.15) is 0 Å². The highest BCUT2D eigenvalue weighted by atomic mass is 16.2. The van der Waals surface area contributed by atoms with Crippen LogP contribution in [0.4, 0.5) is 11.4 Å². The van der Waals surface area contributed by atoms with Gasteiger partial charge in [-0.05, 0) is 17.5 Å². The molecule has 1 saturated heterocycles. The molecule has 20 heavy (non-hydrogen) atoms. The highest BCUT2D eigenvalue weighted by Gasteiger charge is 2.34. The van der Waals surface area contributed by atoms with E-state index in [9.17, 15) is 9.59 Å². The van der Waals surface area contributed by atoms with Gasteiger partial charge in [-0.25, -0.2) is 0 Å². The first-order valence-electron chi connectivity index (χ1n) is 6.45. The molecule has 0 spiro atoms. The SMILES string of the molecule is NC(=O)C1CC(=O)N(c2cccc3cccc(N)c23)C1. The van der Waals surface area contributed by atoms with Crippen LogP contribution < -0.4 is 16.4 Å². The van der Waals surface area contributed by atoms with Gasteiger partial charge in [0.2, 0.25) is 11.8 Å². The number of primary amides is 1. The normalized spacial score (nSPS) is 18.7. The molecule has 1 aliphatic rings. The Labute approximate surface area is 116 Å². The summed E-state index contributed by atoms with van der Waals surface area (Å²) in [6, 6.07) is 11.3. The van der Waals surface area contributed by atoms with Crippen LogP contribution in [0.3, 0.4) is 0 Å². The number of nitrogens with two attached hydrogens (primary N) is 2. The Hall–Kier alpha value is -2.56. The van der Waals surface area contributed by atoms with E-state index >= 15 is 0 Å². The number of hydrogen-bond acceptors (Lipinski definition) is 3. The highest BCUT2D eigenvalue weighted by Crippen LogP contribution is 2.34. The van der Waals surface area contributed by atoms with E-state index in [1.165, 1.54) is 0 Å². The average molecular weight is 269 g/mol. The predicted molar refractivity (Wildman–Crippen MR) is 78.0 cm³/mol. The van der Waals surface area contributed by atoms with Crippen molar-refractivity contribution in [1.82, 2.24) is 0 Å². The van der Waals surface area contributed by atoms with Gasteiger partial charge in [0.1, 0.15) is 0 Å². The van der Waals surface area contributed by atoms with Crippen LogP contribution in [0.1, 0.15) is 6.42 Å². The number of hydrogen-bond donors (Lipinski definition) is 2. The fourth-order valence-electron chi connectivity index (χ4n) is 2.71. The van der Waals surface area contributed by atoms with Gasteiger partial charge in [-0.15, -0.1) is 0 Å². The number of nitrogens with zero attached hydrogens (tertiary/aromatic N) is 1. The molecule has 0 saturated carbocycles. The molecule has 4 N–H and O–H groups in total. The molecule has 0 aromatic heterocycles. The fourth-order valence-corrected chi connectivity index (χ4v) is 2.71. The largest absolute Gasteiger partial charge is 0.398 e. The lowest BCUT2D eigenvalue weighted by Gasteiger charge is -2.19. The number of anilines is 2. The van der Waals surface area contributed by atoms with Crippen LogP contribution in [0.25, 0.3) is 10.8 Å². The smallest absolute Gasteiger partial charge is 0.227 e. The number of fused-ring (bicyclic) bond motifs is 1. The molecule has 1 fully saturated rings. The van der Waals surface area contributed by atoms with E-state index in [1.807, 2.05) is 30.3 Å². The second kappa shape index (κ2) is 4.52. The van der Waals surface area contributed by atoms with Crippen molar-refractivity contribution in [1.29, 1.82) is 0 Å². The standard InChI is InChI=1S/C15H15N3O2/c16-11-5-1-3-9-4-2-6-12(14(9)11)18-8-10(15(17)20)7-13(18)19/h1-6,10H,7-8,16H2,(H2,17,20). The summed E-state index contributed by atoms with van der Waals surface area (Å²) in [5, 5.41) is 1.81. The zero-order chi connectivity index (χ0) is 14.3. The van der Waals surface area contributed by atoms with Crippen molar-refractivity contribution in [2.45, 2.75) is 6.42 Å². The van der Waals surface area contributed by atoms with Crippen LogP contribution in [0.15, 0.2) is 36.4 Å². The summed E-state index contributed by atoms with van der Waals surface area (Å²) in [6.07, 6.45) is 0.165. The van der Waals surface area contributed by atoms with Crippen LogP contribution in [-0.2, 0) is 9.59 Å². The van der Waals surface area contributed by atoms with Gasteiger partial charge in [-0.1, -0.05) is 24.3 Å². The Balaban J connectivity index is 2.11. The second-order valence-corrected chi connectivity index (χ2v) is 5.03. The molecule has 5 heteroatoms. The third-order valence-electron chi connectivity index (χ3n) is 3.73. The van der Waals surface area contributed by atoms with E-state index < -0.39 is 11.8 Å². The van der Waals surface area contributed by atoms with Crippen molar-refractivity contribution >= 4 is 34.0 Å². The first-order chi connectivity index (χ1) is 9.58. The molecular formula is C15H15N3O2. The minimum Gasteiger partial charge on any atom is -0.398 e. The minimum absolute atomic E-state index is 0.0930. The summed E-state index contributed by atoms with van der Waals surface area (Å²) in [6.45, 7) is 0.321. The topological polar surface area (TPSA) is 89.4 Å². The van der Waals surface area contributed by atoms with Crippen molar-refractivity contribution in [3.63, 3.8) is 0 Å². The van der Waals surface area contributed by atoms with Crippen molar-refractivity contribution in [3.05, 3.63) is 36.4 Å². The van der Waals surface area contributed by atoms with Gasteiger partial charge in [-0.3, -0.25) is 9.59 Å². The monoisotopic (exact) mass is 269 g/mol. The van der Waals surface area contributed by atoms with Crippen LogP contribution in [0.2, 0.25) is 0 Å². The maximum Gasteiger partial charge on any atom is 0.227 e. The molecule has 0 radical (unpaired) electrons. The van der Waals surface area contributed by atoms with Gasteiger partial charge in [0.05, 0.1) is 11.6 Å². The van der Waals surface area contributed by atoms with E-state index in [-0.39, 0.29) is 12.3 Å². The first kappa shape index (κ1) is 12.5. The van der Waals surface area contributed by atoms with Crippen LogP contribution in [-0.4, -0.2) is 18.4 Å². The van der Waals surface area contributed by atoms with Crippen molar-refractivity contribution in [3.8, 4) is 0 Å². The Morgan fingerprint density at radius 1 is 1.20 bits per heavy atom. The Kier molecular flexibility index (Phi) is 2.82. The average Bonchev–Trinajstić information content (AvgIpc) is 2.81. The molecule has 1 heterocycles. The summed E-state index contributed by atoms with van der Waals surface area (Å²) >= 11 is 0. The number of rotatable bonds is 2. The van der Waals surface area contributed by atoms with Gasteiger partial charge in [0.15, 0.2) is 0 Å². The van der Waals surface area contributed by atoms with Gasteiger partial charge in [0.25, 0.3) is 0 Å². The van der Waals surface area contributed by atoms with Gasteiger partial charge < -0.3 is 16.4 Å². The quantitative estimate of drug-likeness (QED) is 0.804. The maximum atomic E-state index is 12.1. The summed E-state index contributed by atoms with van der Waals surface area (Å²) in [7, 11) is 0. The Morgan fingerprint density at radius 2 is 1.90 bits per heavy atom. The third kappa shape index (κ3) is 1.87. The van der Waals surface area contributed by atoms with Crippen molar-refractivity contribution < 1.29 is 9.59 Å². The molecule has 0 bridgehead atoms. The summed E-state index contributed by atoms with van der Waals surface area (Å²) in [4.78, 5) is 25.0. The molecule has 102 valence electrons. The number of carbonyl (C=O) groups is 2. The van der Waals surface area contributed by atoms with E-state index in [1.54, 1.807) is 11.0 Å². The number of carbonyl (C=O) groups excluding carboxylic acids is 2. The van der Waals surface area contributed by atoms with E-state index in [0.717, 1.165) is 16.5 Å². The zero-order valence-electron chi connectivity index (χ0n) is 10.9. The molecular weight excluding hydrogens is 254 g/mol. The molecule has 1 unspecified atom stereocenters. The first-order valence-corrected chi connectivity index (χ1v) is 6.45. The van der Waals surface area contributed by atoms with Crippen molar-refractivity contribution in [2.24, 2.45) is 11.7 Å². The van der Waals surface area contributed by atoms with Crippen LogP contribution >= 0.6 is 0 Å². The zero-order valence-corrected chi connectivity index (χ0v) is 10.9. The number of amides is 2. The molecule has 5 nitrogen and oxygen atoms in total. The summed E-state index contributed by atoms with van der Waals surface area (Å²) < 4.78 is 0. The van der Waals surface area contributed by atoms with Gasteiger partial charge >= 0.3 is 0 Å². The van der Waals surface area contributed by atoms with E-state index in [2.05, 4.69) is 0 Å². The lowest BCUT2D eigenvalue weighted by atomic mass is 10.1. The third-order valence-corrected chi connectivity index (χ3v) is 3.73. The molecule has 2 amide bonds. The molecule has 2 aromatic carbocycles. The van der Waals surface area contributed by atoms with Crippen LogP contribution in [0.5, 0.6) is 0 Å².